The van der Waals surface area contributed by atoms with E-state index in [1.165, 1.54) is 19.1 Å². The average Bonchev–Trinajstić information content (AvgIpc) is 2.17. The number of rotatable bonds is 3. The number of aliphatic carboxylic acids is 2. The summed E-state index contributed by atoms with van der Waals surface area (Å²) in [6.07, 6.45) is 2.93. The summed E-state index contributed by atoms with van der Waals surface area (Å²) in [5.74, 6) is -2.07. The van der Waals surface area contributed by atoms with Gasteiger partial charge in [-0.2, -0.15) is 0 Å². The molecule has 0 amide bonds. The molecule has 0 fully saturated rings. The van der Waals surface area contributed by atoms with Crippen LogP contribution in [-0.4, -0.2) is 28.0 Å². The quantitative estimate of drug-likeness (QED) is 0.723. The second-order valence-corrected chi connectivity index (χ2v) is 3.94. The summed E-state index contributed by atoms with van der Waals surface area (Å²) >= 11 is 5.57. The summed E-state index contributed by atoms with van der Waals surface area (Å²) in [5.41, 5.74) is -0.594. The van der Waals surface area contributed by atoms with Crippen molar-refractivity contribution in [3.63, 3.8) is 0 Å². The minimum atomic E-state index is -1.15. The minimum absolute atomic E-state index is 0.0315. The zero-order chi connectivity index (χ0) is 11.6. The maximum absolute atomic E-state index is 10.9. The number of carboxylic acids is 2. The smallest absolute Gasteiger partial charge is 0.331 e. The predicted molar refractivity (Wildman–Crippen MR) is 54.9 cm³/mol. The molecule has 0 saturated heterocycles. The predicted octanol–water partition coefficient (Wildman–Crippen LogP) is 1.66. The number of allylic oxidation sites excluding steroid dienone is 2. The molecule has 2 N–H and O–H groups in total. The lowest BCUT2D eigenvalue weighted by atomic mass is 9.78. The van der Waals surface area contributed by atoms with E-state index in [-0.39, 0.29) is 17.9 Å². The van der Waals surface area contributed by atoms with Crippen molar-refractivity contribution >= 4 is 23.5 Å². The highest BCUT2D eigenvalue weighted by molar-refractivity contribution is 6.20. The molecule has 0 aliphatic heterocycles. The van der Waals surface area contributed by atoms with E-state index in [0.717, 1.165) is 0 Å². The van der Waals surface area contributed by atoms with Crippen molar-refractivity contribution in [2.24, 2.45) is 5.41 Å². The molecule has 15 heavy (non-hydrogen) atoms. The first-order chi connectivity index (χ1) is 6.90. The van der Waals surface area contributed by atoms with Gasteiger partial charge in [-0.3, -0.25) is 4.79 Å². The van der Waals surface area contributed by atoms with Crippen molar-refractivity contribution in [3.8, 4) is 0 Å². The van der Waals surface area contributed by atoms with Crippen molar-refractivity contribution in [1.82, 2.24) is 0 Å². The molecule has 4 nitrogen and oxygen atoms in total. The fourth-order valence-electron chi connectivity index (χ4n) is 1.41. The number of alkyl halides is 1. The molecule has 5 heteroatoms. The van der Waals surface area contributed by atoms with E-state index in [1.54, 1.807) is 0 Å². The van der Waals surface area contributed by atoms with Crippen LogP contribution in [-0.2, 0) is 9.59 Å². The highest BCUT2D eigenvalue weighted by atomic mass is 35.5. The lowest BCUT2D eigenvalue weighted by molar-refractivity contribution is -0.145. The lowest BCUT2D eigenvalue weighted by Gasteiger charge is -2.25. The zero-order valence-corrected chi connectivity index (χ0v) is 8.91. The van der Waals surface area contributed by atoms with Crippen molar-refractivity contribution < 1.29 is 19.8 Å². The molecule has 1 atom stereocenters. The normalized spacial score (nSPS) is 25.5. The van der Waals surface area contributed by atoms with Crippen molar-refractivity contribution in [2.45, 2.75) is 13.3 Å². The monoisotopic (exact) mass is 230 g/mol. The number of hydrogen-bond donors (Lipinski definition) is 2. The van der Waals surface area contributed by atoms with E-state index in [2.05, 4.69) is 0 Å². The van der Waals surface area contributed by atoms with Crippen LogP contribution in [0.1, 0.15) is 13.3 Å². The minimum Gasteiger partial charge on any atom is -0.481 e. The Kier molecular flexibility index (Phi) is 3.19. The lowest BCUT2D eigenvalue weighted by Crippen LogP contribution is -2.30. The van der Waals surface area contributed by atoms with Crippen LogP contribution in [0.2, 0.25) is 0 Å². The first kappa shape index (κ1) is 11.8. The van der Waals surface area contributed by atoms with Crippen LogP contribution < -0.4 is 0 Å². The first-order valence-corrected chi connectivity index (χ1v) is 4.88. The zero-order valence-electron chi connectivity index (χ0n) is 8.16. The van der Waals surface area contributed by atoms with Gasteiger partial charge in [0.2, 0.25) is 0 Å². The van der Waals surface area contributed by atoms with Crippen LogP contribution in [0.4, 0.5) is 0 Å². The number of hydrogen-bond acceptors (Lipinski definition) is 2. The van der Waals surface area contributed by atoms with Crippen LogP contribution in [0, 0.1) is 5.41 Å². The third kappa shape index (κ3) is 2.21. The SMILES string of the molecule is CC1(C(=O)O)C=CC(CCl)=C(C(=O)O)C1. The Morgan fingerprint density at radius 2 is 2.13 bits per heavy atom. The van der Waals surface area contributed by atoms with Gasteiger partial charge in [-0.25, -0.2) is 4.79 Å². The van der Waals surface area contributed by atoms with Crippen molar-refractivity contribution in [3.05, 3.63) is 23.3 Å². The topological polar surface area (TPSA) is 74.6 Å². The Hall–Kier alpha value is -1.29. The molecule has 1 rings (SSSR count). The molecular weight excluding hydrogens is 220 g/mol. The van der Waals surface area contributed by atoms with E-state index in [4.69, 9.17) is 21.8 Å². The van der Waals surface area contributed by atoms with Crippen molar-refractivity contribution in [1.29, 1.82) is 0 Å². The Labute approximate surface area is 91.9 Å². The Morgan fingerprint density at radius 1 is 1.53 bits per heavy atom. The van der Waals surface area contributed by atoms with Gasteiger partial charge in [0.25, 0.3) is 0 Å². The molecule has 0 bridgehead atoms. The summed E-state index contributed by atoms with van der Waals surface area (Å²) in [4.78, 5) is 21.8. The number of halogens is 1. The summed E-state index contributed by atoms with van der Waals surface area (Å²) in [7, 11) is 0. The summed E-state index contributed by atoms with van der Waals surface area (Å²) in [5, 5.41) is 17.9. The van der Waals surface area contributed by atoms with E-state index >= 15 is 0 Å². The molecule has 0 aromatic carbocycles. The van der Waals surface area contributed by atoms with Gasteiger partial charge in [-0.1, -0.05) is 12.2 Å². The fraction of sp³-hybridized carbons (Fsp3) is 0.400. The Morgan fingerprint density at radius 3 is 2.53 bits per heavy atom. The molecule has 1 aliphatic carbocycles. The van der Waals surface area contributed by atoms with Gasteiger partial charge in [0.15, 0.2) is 0 Å². The number of carboxylic acid groups (broad SMARTS) is 2. The van der Waals surface area contributed by atoms with Gasteiger partial charge in [-0.05, 0) is 18.9 Å². The van der Waals surface area contributed by atoms with Crippen LogP contribution >= 0.6 is 11.6 Å². The molecule has 0 saturated carbocycles. The van der Waals surface area contributed by atoms with Gasteiger partial charge in [0.1, 0.15) is 0 Å². The van der Waals surface area contributed by atoms with E-state index < -0.39 is 17.4 Å². The second kappa shape index (κ2) is 4.06. The molecule has 0 heterocycles. The van der Waals surface area contributed by atoms with E-state index in [1.807, 2.05) is 0 Å². The highest BCUT2D eigenvalue weighted by Gasteiger charge is 2.36. The molecule has 82 valence electrons. The van der Waals surface area contributed by atoms with Gasteiger partial charge < -0.3 is 10.2 Å². The standard InChI is InChI=1S/C10H11ClO4/c1-10(9(14)15)3-2-6(5-11)7(4-10)8(12)13/h2-3H,4-5H2,1H3,(H,12,13)(H,14,15). The van der Waals surface area contributed by atoms with E-state index in [9.17, 15) is 9.59 Å². The maximum atomic E-state index is 10.9. The maximum Gasteiger partial charge on any atom is 0.331 e. The molecule has 0 aromatic heterocycles. The van der Waals surface area contributed by atoms with Crippen molar-refractivity contribution in [2.75, 3.05) is 5.88 Å². The van der Waals surface area contributed by atoms with Gasteiger partial charge >= 0.3 is 11.9 Å². The van der Waals surface area contributed by atoms with Gasteiger partial charge in [0.05, 0.1) is 5.41 Å². The van der Waals surface area contributed by atoms with Crippen LogP contribution in [0.5, 0.6) is 0 Å². The van der Waals surface area contributed by atoms with Crippen LogP contribution in [0.3, 0.4) is 0 Å². The number of carbonyl (C=O) groups is 2. The van der Waals surface area contributed by atoms with Crippen LogP contribution in [0.15, 0.2) is 23.3 Å². The van der Waals surface area contributed by atoms with Gasteiger partial charge in [-0.15, -0.1) is 11.6 Å². The second-order valence-electron chi connectivity index (χ2n) is 3.68. The molecule has 1 unspecified atom stereocenters. The molecule has 0 radical (unpaired) electrons. The third-order valence-electron chi connectivity index (χ3n) is 2.47. The fourth-order valence-corrected chi connectivity index (χ4v) is 1.66. The third-order valence-corrected chi connectivity index (χ3v) is 2.76. The molecular formula is C10H11ClO4. The first-order valence-electron chi connectivity index (χ1n) is 4.34. The summed E-state index contributed by atoms with van der Waals surface area (Å²) in [6, 6.07) is 0. The van der Waals surface area contributed by atoms with E-state index in [0.29, 0.717) is 5.57 Å². The largest absolute Gasteiger partial charge is 0.481 e. The molecule has 0 aromatic rings. The summed E-state index contributed by atoms with van der Waals surface area (Å²) in [6.45, 7) is 1.49. The molecule has 0 spiro atoms. The van der Waals surface area contributed by atoms with Gasteiger partial charge in [0, 0.05) is 11.5 Å². The van der Waals surface area contributed by atoms with Crippen LogP contribution in [0.25, 0.3) is 0 Å². The average molecular weight is 231 g/mol. The summed E-state index contributed by atoms with van der Waals surface area (Å²) < 4.78 is 0. The Balaban J connectivity index is 3.10. The highest BCUT2D eigenvalue weighted by Crippen LogP contribution is 2.34. The Bertz CT molecular complexity index is 370. The molecule has 1 aliphatic rings.